The highest BCUT2D eigenvalue weighted by Gasteiger charge is 2.08. The van der Waals surface area contributed by atoms with Crippen LogP contribution in [0.3, 0.4) is 0 Å². The monoisotopic (exact) mass is 272 g/mol. The van der Waals surface area contributed by atoms with Gasteiger partial charge in [0.05, 0.1) is 0 Å². The number of carbonyl (C=O) groups excluding carboxylic acids is 1. The van der Waals surface area contributed by atoms with Crippen molar-refractivity contribution < 1.29 is 13.9 Å². The fraction of sp³-hybridized carbons (Fsp3) is 0.235. The van der Waals surface area contributed by atoms with Crippen LogP contribution in [0.15, 0.2) is 36.4 Å². The predicted molar refractivity (Wildman–Crippen MR) is 76.9 cm³/mol. The zero-order chi connectivity index (χ0) is 14.7. The molecule has 0 unspecified atom stereocenters. The lowest BCUT2D eigenvalue weighted by Gasteiger charge is -2.08. The second kappa shape index (κ2) is 5.87. The van der Waals surface area contributed by atoms with E-state index in [2.05, 4.69) is 0 Å². The second-order valence-electron chi connectivity index (χ2n) is 4.92. The molecule has 0 radical (unpaired) electrons. The van der Waals surface area contributed by atoms with Crippen LogP contribution in [0, 0.1) is 26.6 Å². The number of aryl methyl sites for hydroxylation is 3. The lowest BCUT2D eigenvalue weighted by Crippen LogP contribution is -2.12. The minimum absolute atomic E-state index is 0.0923. The van der Waals surface area contributed by atoms with Gasteiger partial charge >= 0.3 is 0 Å². The maximum Gasteiger partial charge on any atom is 0.200 e. The van der Waals surface area contributed by atoms with Gasteiger partial charge in [-0.05, 0) is 49.6 Å². The zero-order valence-corrected chi connectivity index (χ0v) is 11.9. The van der Waals surface area contributed by atoms with Crippen LogP contribution in [-0.4, -0.2) is 12.4 Å². The Kier molecular flexibility index (Phi) is 4.18. The quantitative estimate of drug-likeness (QED) is 0.786. The highest BCUT2D eigenvalue weighted by molar-refractivity contribution is 5.97. The molecule has 2 aromatic carbocycles. The van der Waals surface area contributed by atoms with Crippen LogP contribution in [0.5, 0.6) is 5.75 Å². The largest absolute Gasteiger partial charge is 0.485 e. The molecular weight excluding hydrogens is 255 g/mol. The molecule has 2 aromatic rings. The molecular formula is C17H17FO2. The van der Waals surface area contributed by atoms with Crippen molar-refractivity contribution >= 4 is 5.78 Å². The maximum atomic E-state index is 13.4. The van der Waals surface area contributed by atoms with E-state index in [0.29, 0.717) is 16.9 Å². The van der Waals surface area contributed by atoms with Crippen LogP contribution in [0.4, 0.5) is 4.39 Å². The van der Waals surface area contributed by atoms with Crippen LogP contribution in [-0.2, 0) is 0 Å². The van der Waals surface area contributed by atoms with E-state index in [-0.39, 0.29) is 18.2 Å². The van der Waals surface area contributed by atoms with E-state index >= 15 is 0 Å². The number of hydrogen-bond donors (Lipinski definition) is 0. The Morgan fingerprint density at radius 2 is 1.70 bits per heavy atom. The van der Waals surface area contributed by atoms with Crippen molar-refractivity contribution in [1.82, 2.24) is 0 Å². The van der Waals surface area contributed by atoms with Gasteiger partial charge < -0.3 is 4.74 Å². The summed E-state index contributed by atoms with van der Waals surface area (Å²) in [6.07, 6.45) is 0. The van der Waals surface area contributed by atoms with Gasteiger partial charge in [-0.3, -0.25) is 4.79 Å². The van der Waals surface area contributed by atoms with Gasteiger partial charge in [-0.1, -0.05) is 18.2 Å². The fourth-order valence-corrected chi connectivity index (χ4v) is 1.81. The maximum absolute atomic E-state index is 13.4. The molecule has 0 fully saturated rings. The topological polar surface area (TPSA) is 26.3 Å². The molecule has 20 heavy (non-hydrogen) atoms. The summed E-state index contributed by atoms with van der Waals surface area (Å²) in [5, 5.41) is 0. The summed E-state index contributed by atoms with van der Waals surface area (Å²) in [5.74, 6) is -0.0829. The summed E-state index contributed by atoms with van der Waals surface area (Å²) in [5.41, 5.74) is 3.37. The number of carbonyl (C=O) groups is 1. The molecule has 0 saturated heterocycles. The molecule has 0 heterocycles. The summed E-state index contributed by atoms with van der Waals surface area (Å²) in [6, 6.07) is 10.1. The lowest BCUT2D eigenvalue weighted by atomic mass is 10.0. The first-order valence-electron chi connectivity index (χ1n) is 6.47. The van der Waals surface area contributed by atoms with Crippen molar-refractivity contribution in [3.8, 4) is 5.75 Å². The molecule has 0 aliphatic rings. The van der Waals surface area contributed by atoms with E-state index < -0.39 is 0 Å². The van der Waals surface area contributed by atoms with E-state index in [1.807, 2.05) is 26.0 Å². The Labute approximate surface area is 118 Å². The summed E-state index contributed by atoms with van der Waals surface area (Å²) in [6.45, 7) is 5.54. The Morgan fingerprint density at radius 1 is 1.00 bits per heavy atom. The highest BCUT2D eigenvalue weighted by Crippen LogP contribution is 2.16. The third kappa shape index (κ3) is 3.23. The Hall–Kier alpha value is -2.16. The van der Waals surface area contributed by atoms with Gasteiger partial charge in [0.15, 0.2) is 12.4 Å². The molecule has 2 rings (SSSR count). The molecule has 0 bridgehead atoms. The van der Waals surface area contributed by atoms with Gasteiger partial charge in [-0.15, -0.1) is 0 Å². The van der Waals surface area contributed by atoms with E-state index in [0.717, 1.165) is 11.1 Å². The Morgan fingerprint density at radius 3 is 2.35 bits per heavy atom. The van der Waals surface area contributed by atoms with Crippen molar-refractivity contribution in [2.75, 3.05) is 6.61 Å². The first-order valence-corrected chi connectivity index (χ1v) is 6.47. The van der Waals surface area contributed by atoms with Crippen LogP contribution in [0.25, 0.3) is 0 Å². The van der Waals surface area contributed by atoms with E-state index in [4.69, 9.17) is 4.74 Å². The van der Waals surface area contributed by atoms with Crippen LogP contribution < -0.4 is 4.74 Å². The molecule has 0 aromatic heterocycles. The number of Topliss-reactive ketones (excluding diaryl/α,β-unsaturated/α-hetero) is 1. The van der Waals surface area contributed by atoms with Crippen molar-refractivity contribution in [3.63, 3.8) is 0 Å². The van der Waals surface area contributed by atoms with Crippen molar-refractivity contribution in [1.29, 1.82) is 0 Å². The predicted octanol–water partition coefficient (Wildman–Crippen LogP) is 4.01. The molecule has 3 heteroatoms. The summed E-state index contributed by atoms with van der Waals surface area (Å²) in [4.78, 5) is 12.0. The SMILES string of the molecule is Cc1ccc(C(=O)COc2ccc(C)c(F)c2)cc1C. The van der Waals surface area contributed by atoms with Crippen molar-refractivity contribution in [3.05, 3.63) is 64.5 Å². The van der Waals surface area contributed by atoms with Gasteiger partial charge in [0, 0.05) is 11.6 Å². The van der Waals surface area contributed by atoms with Crippen molar-refractivity contribution in [2.24, 2.45) is 0 Å². The third-order valence-corrected chi connectivity index (χ3v) is 3.34. The number of benzene rings is 2. The molecule has 0 spiro atoms. The number of hydrogen-bond acceptors (Lipinski definition) is 2. The van der Waals surface area contributed by atoms with Gasteiger partial charge in [-0.25, -0.2) is 4.39 Å². The van der Waals surface area contributed by atoms with Crippen molar-refractivity contribution in [2.45, 2.75) is 20.8 Å². The molecule has 2 nitrogen and oxygen atoms in total. The lowest BCUT2D eigenvalue weighted by molar-refractivity contribution is 0.0921. The number of halogens is 1. The number of ether oxygens (including phenoxy) is 1. The van der Waals surface area contributed by atoms with Gasteiger partial charge in [0.2, 0.25) is 0 Å². The molecule has 0 N–H and O–H groups in total. The summed E-state index contributed by atoms with van der Waals surface area (Å²) in [7, 11) is 0. The molecule has 0 atom stereocenters. The molecule has 104 valence electrons. The third-order valence-electron chi connectivity index (χ3n) is 3.34. The molecule has 0 amide bonds. The van der Waals surface area contributed by atoms with Crippen LogP contribution in [0.1, 0.15) is 27.0 Å². The second-order valence-corrected chi connectivity index (χ2v) is 4.92. The van der Waals surface area contributed by atoms with Crippen LogP contribution >= 0.6 is 0 Å². The van der Waals surface area contributed by atoms with E-state index in [1.54, 1.807) is 25.1 Å². The smallest absolute Gasteiger partial charge is 0.200 e. The first-order chi connectivity index (χ1) is 9.47. The Balaban J connectivity index is 2.04. The standard InChI is InChI=1S/C17H17FO2/c1-11-4-6-14(8-13(11)3)17(19)10-20-15-7-5-12(2)16(18)9-15/h4-9H,10H2,1-3H3. The minimum atomic E-state index is -0.332. The van der Waals surface area contributed by atoms with E-state index in [1.165, 1.54) is 6.07 Å². The average Bonchev–Trinajstić information content (AvgIpc) is 2.43. The average molecular weight is 272 g/mol. The fourth-order valence-electron chi connectivity index (χ4n) is 1.81. The molecule has 0 aliphatic heterocycles. The minimum Gasteiger partial charge on any atom is -0.485 e. The Bertz CT molecular complexity index is 647. The molecule has 0 aliphatic carbocycles. The first kappa shape index (κ1) is 14.3. The van der Waals surface area contributed by atoms with Gasteiger partial charge in [0.25, 0.3) is 0 Å². The highest BCUT2D eigenvalue weighted by atomic mass is 19.1. The van der Waals surface area contributed by atoms with Gasteiger partial charge in [0.1, 0.15) is 11.6 Å². The van der Waals surface area contributed by atoms with Gasteiger partial charge in [-0.2, -0.15) is 0 Å². The normalized spacial score (nSPS) is 10.4. The zero-order valence-electron chi connectivity index (χ0n) is 11.9. The summed E-state index contributed by atoms with van der Waals surface area (Å²) < 4.78 is 18.7. The molecule has 0 saturated carbocycles. The van der Waals surface area contributed by atoms with Crippen LogP contribution in [0.2, 0.25) is 0 Å². The van der Waals surface area contributed by atoms with E-state index in [9.17, 15) is 9.18 Å². The summed E-state index contributed by atoms with van der Waals surface area (Å²) >= 11 is 0. The number of ketones is 1. The number of rotatable bonds is 4.